The second kappa shape index (κ2) is 7.21. The number of benzene rings is 2. The number of halogens is 5. The molecule has 0 fully saturated rings. The first-order chi connectivity index (χ1) is 13.1. The third-order valence-electron chi connectivity index (χ3n) is 4.33. The topological polar surface area (TPSA) is 50.7 Å². The van der Waals surface area contributed by atoms with Gasteiger partial charge in [0.2, 0.25) is 0 Å². The molecule has 0 unspecified atom stereocenters. The Morgan fingerprint density at radius 3 is 2.46 bits per heavy atom. The third kappa shape index (κ3) is 3.97. The molecule has 1 N–H and O–H groups in total. The minimum Gasteiger partial charge on any atom is -0.454 e. The number of amidine groups is 1. The second-order valence-corrected chi connectivity index (χ2v) is 6.45. The molecule has 4 nitrogen and oxygen atoms in total. The molecule has 2 atom stereocenters. The van der Waals surface area contributed by atoms with Gasteiger partial charge in [0.1, 0.15) is 5.60 Å². The van der Waals surface area contributed by atoms with Gasteiger partial charge in [0, 0.05) is 17.5 Å². The monoisotopic (exact) mass is 398 g/mol. The highest BCUT2D eigenvalue weighted by Crippen LogP contribution is 2.41. The van der Waals surface area contributed by atoms with Gasteiger partial charge in [0.05, 0.1) is 0 Å². The number of nitrogens with one attached hydrogen (secondary N) is 1. The number of carbonyl (C=O) groups excluding carboxylic acids is 1. The van der Waals surface area contributed by atoms with Gasteiger partial charge < -0.3 is 4.74 Å². The number of aliphatic imine (C=N–C) groups is 1. The van der Waals surface area contributed by atoms with E-state index in [1.54, 1.807) is 18.2 Å². The Morgan fingerprint density at radius 1 is 1.14 bits per heavy atom. The fourth-order valence-electron chi connectivity index (χ4n) is 2.92. The van der Waals surface area contributed by atoms with E-state index in [2.05, 4.69) is 10.3 Å². The van der Waals surface area contributed by atoms with Crippen LogP contribution >= 0.6 is 0 Å². The van der Waals surface area contributed by atoms with E-state index in [9.17, 15) is 26.7 Å². The first-order valence-corrected chi connectivity index (χ1v) is 8.24. The normalized spacial score (nSPS) is 22.2. The lowest BCUT2D eigenvalue weighted by Crippen LogP contribution is -2.48. The Balaban J connectivity index is 1.96. The summed E-state index contributed by atoms with van der Waals surface area (Å²) in [5.74, 6) is -3.28. The van der Waals surface area contributed by atoms with Gasteiger partial charge in [-0.25, -0.2) is 13.8 Å². The summed E-state index contributed by atoms with van der Waals surface area (Å²) in [5.41, 5.74) is -2.13. The van der Waals surface area contributed by atoms with Crippen molar-refractivity contribution in [2.45, 2.75) is 31.2 Å². The number of carbonyl (C=O) groups is 1. The molecule has 1 aliphatic heterocycles. The van der Waals surface area contributed by atoms with Crippen molar-refractivity contribution in [1.82, 2.24) is 5.32 Å². The van der Waals surface area contributed by atoms with E-state index in [0.717, 1.165) is 12.1 Å². The summed E-state index contributed by atoms with van der Waals surface area (Å²) >= 11 is 0. The van der Waals surface area contributed by atoms with Crippen molar-refractivity contribution < 1.29 is 31.5 Å². The average Bonchev–Trinajstić information content (AvgIpc) is 2.63. The van der Waals surface area contributed by atoms with Crippen molar-refractivity contribution >= 4 is 11.9 Å². The van der Waals surface area contributed by atoms with Gasteiger partial charge in [-0.1, -0.05) is 30.3 Å². The molecule has 0 aliphatic carbocycles. The van der Waals surface area contributed by atoms with E-state index in [1.807, 2.05) is 0 Å². The fourth-order valence-corrected chi connectivity index (χ4v) is 2.92. The maximum absolute atomic E-state index is 14.2. The molecule has 1 amide bonds. The summed E-state index contributed by atoms with van der Waals surface area (Å²) in [6.45, 7) is 1.19. The van der Waals surface area contributed by atoms with E-state index in [-0.39, 0.29) is 5.56 Å². The Kier molecular flexibility index (Phi) is 5.10. The van der Waals surface area contributed by atoms with Crippen LogP contribution in [0.5, 0.6) is 0 Å². The van der Waals surface area contributed by atoms with E-state index >= 15 is 0 Å². The zero-order valence-electron chi connectivity index (χ0n) is 14.6. The fraction of sp³-hybridized carbons (Fsp3) is 0.263. The van der Waals surface area contributed by atoms with Gasteiger partial charge in [-0.3, -0.25) is 10.1 Å². The molecule has 148 valence electrons. The first-order valence-electron chi connectivity index (χ1n) is 8.24. The molecule has 3 rings (SSSR count). The quantitative estimate of drug-likeness (QED) is 0.767. The van der Waals surface area contributed by atoms with Gasteiger partial charge in [-0.2, -0.15) is 13.2 Å². The summed E-state index contributed by atoms with van der Waals surface area (Å²) < 4.78 is 73.4. The van der Waals surface area contributed by atoms with Crippen LogP contribution in [0.4, 0.5) is 22.0 Å². The highest BCUT2D eigenvalue weighted by molar-refractivity contribution is 6.04. The van der Waals surface area contributed by atoms with Crippen molar-refractivity contribution in [2.75, 3.05) is 0 Å². The summed E-state index contributed by atoms with van der Waals surface area (Å²) in [5, 5.41) is 2.17. The van der Waals surface area contributed by atoms with Crippen LogP contribution in [0.1, 0.15) is 29.3 Å². The first kappa shape index (κ1) is 19.8. The number of hydrogen-bond acceptors (Lipinski definition) is 3. The zero-order valence-corrected chi connectivity index (χ0v) is 14.6. The van der Waals surface area contributed by atoms with E-state index in [4.69, 9.17) is 4.74 Å². The standard InChI is InChI=1S/C19H15F5N2O2/c1-18(12-8-5-9-13(20)15(12)21)10-14(19(22,23)24)25-17(28-18)26-16(27)11-6-3-2-4-7-11/h2-9,14H,10H2,1H3,(H,25,26,27)/t14-,18-/m0/s1. The molecule has 0 saturated carbocycles. The molecule has 28 heavy (non-hydrogen) atoms. The highest BCUT2D eigenvalue weighted by Gasteiger charge is 2.50. The van der Waals surface area contributed by atoms with E-state index in [0.29, 0.717) is 0 Å². The second-order valence-electron chi connectivity index (χ2n) is 6.45. The number of amides is 1. The minimum absolute atomic E-state index is 0.168. The van der Waals surface area contributed by atoms with E-state index in [1.165, 1.54) is 25.1 Å². The summed E-state index contributed by atoms with van der Waals surface area (Å²) in [7, 11) is 0. The molecule has 2 aromatic rings. The van der Waals surface area contributed by atoms with Crippen molar-refractivity contribution in [1.29, 1.82) is 0 Å². The molecule has 0 saturated heterocycles. The Morgan fingerprint density at radius 2 is 1.82 bits per heavy atom. The summed E-state index contributed by atoms with van der Waals surface area (Å²) in [6, 6.07) is 7.87. The molecule has 0 aromatic heterocycles. The predicted molar refractivity (Wildman–Crippen MR) is 90.6 cm³/mol. The number of hydrogen-bond donors (Lipinski definition) is 1. The Labute approximate surface area is 157 Å². The number of nitrogens with zero attached hydrogens (tertiary/aromatic N) is 1. The highest BCUT2D eigenvalue weighted by atomic mass is 19.4. The lowest BCUT2D eigenvalue weighted by atomic mass is 9.87. The van der Waals surface area contributed by atoms with Crippen molar-refractivity contribution in [3.8, 4) is 0 Å². The lowest BCUT2D eigenvalue weighted by molar-refractivity contribution is -0.164. The van der Waals surface area contributed by atoms with E-state index < -0.39 is 53.4 Å². The SMILES string of the molecule is C[C@@]1(c2cccc(F)c2F)C[C@@H](C(F)(F)F)N=C(NC(=O)c2ccccc2)O1. The maximum Gasteiger partial charge on any atom is 0.411 e. The van der Waals surface area contributed by atoms with Crippen molar-refractivity contribution in [3.63, 3.8) is 0 Å². The zero-order chi connectivity index (χ0) is 20.5. The molecule has 0 spiro atoms. The van der Waals surface area contributed by atoms with Crippen LogP contribution in [0.25, 0.3) is 0 Å². The van der Waals surface area contributed by atoms with Crippen molar-refractivity contribution in [2.24, 2.45) is 4.99 Å². The van der Waals surface area contributed by atoms with Crippen LogP contribution < -0.4 is 5.32 Å². The third-order valence-corrected chi connectivity index (χ3v) is 4.33. The maximum atomic E-state index is 14.2. The van der Waals surface area contributed by atoms with Crippen molar-refractivity contribution in [3.05, 3.63) is 71.3 Å². The largest absolute Gasteiger partial charge is 0.454 e. The van der Waals surface area contributed by atoms with Gasteiger partial charge in [0.25, 0.3) is 11.9 Å². The molecular weight excluding hydrogens is 383 g/mol. The molecular formula is C19H15F5N2O2. The van der Waals surface area contributed by atoms with Crippen LogP contribution in [0.3, 0.4) is 0 Å². The Hall–Kier alpha value is -2.97. The van der Waals surface area contributed by atoms with Gasteiger partial charge >= 0.3 is 6.18 Å². The number of alkyl halides is 3. The van der Waals surface area contributed by atoms with Crippen LogP contribution in [0.15, 0.2) is 53.5 Å². The predicted octanol–water partition coefficient (Wildman–Crippen LogP) is 4.32. The molecule has 2 aromatic carbocycles. The van der Waals surface area contributed by atoms with Gasteiger partial charge in [-0.15, -0.1) is 0 Å². The number of ether oxygens (including phenoxy) is 1. The van der Waals surface area contributed by atoms with Crippen LogP contribution in [-0.2, 0) is 10.3 Å². The van der Waals surface area contributed by atoms with Gasteiger partial charge in [-0.05, 0) is 25.1 Å². The van der Waals surface area contributed by atoms with Crippen LogP contribution in [-0.4, -0.2) is 24.1 Å². The molecule has 1 heterocycles. The average molecular weight is 398 g/mol. The molecule has 0 radical (unpaired) electrons. The molecule has 1 aliphatic rings. The molecule has 9 heteroatoms. The summed E-state index contributed by atoms with van der Waals surface area (Å²) in [6.07, 6.45) is -5.54. The Bertz CT molecular complexity index is 914. The van der Waals surface area contributed by atoms with Crippen LogP contribution in [0.2, 0.25) is 0 Å². The number of rotatable bonds is 2. The molecule has 0 bridgehead atoms. The summed E-state index contributed by atoms with van der Waals surface area (Å²) in [4.78, 5) is 15.7. The lowest BCUT2D eigenvalue weighted by Gasteiger charge is -2.38. The van der Waals surface area contributed by atoms with Gasteiger partial charge in [0.15, 0.2) is 17.7 Å². The van der Waals surface area contributed by atoms with Crippen LogP contribution in [0, 0.1) is 11.6 Å². The minimum atomic E-state index is -4.77. The smallest absolute Gasteiger partial charge is 0.411 e.